The molecule has 8 heteroatoms. The van der Waals surface area contributed by atoms with Gasteiger partial charge in [-0.2, -0.15) is 0 Å². The molecular formula is C15H15Cl2N5O. The number of carbonyl (C=O) groups excluding carboxylic acids is 1. The lowest BCUT2D eigenvalue weighted by Gasteiger charge is -2.21. The van der Waals surface area contributed by atoms with Crippen LogP contribution in [0.4, 0.5) is 5.82 Å². The Bertz CT molecular complexity index is 719. The van der Waals surface area contributed by atoms with Gasteiger partial charge in [-0.1, -0.05) is 23.2 Å². The molecule has 1 atom stereocenters. The molecule has 120 valence electrons. The van der Waals surface area contributed by atoms with Gasteiger partial charge in [-0.3, -0.25) is 9.78 Å². The average molecular weight is 352 g/mol. The van der Waals surface area contributed by atoms with Crippen molar-refractivity contribution in [2.24, 2.45) is 5.92 Å². The first kappa shape index (κ1) is 16.1. The smallest absolute Gasteiger partial charge is 0.229 e. The van der Waals surface area contributed by atoms with Crippen molar-refractivity contribution in [2.75, 3.05) is 18.4 Å². The average Bonchev–Trinajstić information content (AvgIpc) is 2.57. The first-order valence-electron chi connectivity index (χ1n) is 7.28. The molecule has 0 aromatic carbocycles. The van der Waals surface area contributed by atoms with E-state index in [-0.39, 0.29) is 17.0 Å². The SMILES string of the molecule is O=C(Nc1cc(-c2cncc(Cl)n2)c(Cl)cn1)[C@@H]1CCCNC1. The van der Waals surface area contributed by atoms with E-state index >= 15 is 0 Å². The van der Waals surface area contributed by atoms with E-state index in [4.69, 9.17) is 23.2 Å². The summed E-state index contributed by atoms with van der Waals surface area (Å²) in [7, 11) is 0. The highest BCUT2D eigenvalue weighted by Gasteiger charge is 2.21. The Kier molecular flexibility index (Phi) is 5.05. The molecule has 3 heterocycles. The third-order valence-corrected chi connectivity index (χ3v) is 4.14. The fourth-order valence-electron chi connectivity index (χ4n) is 2.48. The van der Waals surface area contributed by atoms with Gasteiger partial charge < -0.3 is 10.6 Å². The van der Waals surface area contributed by atoms with E-state index in [1.54, 1.807) is 12.3 Å². The van der Waals surface area contributed by atoms with Crippen molar-refractivity contribution in [2.45, 2.75) is 12.8 Å². The number of anilines is 1. The zero-order valence-electron chi connectivity index (χ0n) is 12.2. The van der Waals surface area contributed by atoms with Crippen LogP contribution in [0.2, 0.25) is 10.2 Å². The number of amides is 1. The van der Waals surface area contributed by atoms with Gasteiger partial charge in [0.25, 0.3) is 0 Å². The largest absolute Gasteiger partial charge is 0.316 e. The van der Waals surface area contributed by atoms with E-state index in [9.17, 15) is 4.79 Å². The lowest BCUT2D eigenvalue weighted by atomic mass is 9.99. The summed E-state index contributed by atoms with van der Waals surface area (Å²) in [6.45, 7) is 1.65. The predicted molar refractivity (Wildman–Crippen MR) is 89.5 cm³/mol. The highest BCUT2D eigenvalue weighted by molar-refractivity contribution is 6.33. The number of carbonyl (C=O) groups is 1. The fourth-order valence-corrected chi connectivity index (χ4v) is 2.83. The third-order valence-electron chi connectivity index (χ3n) is 3.66. The number of piperidine rings is 1. The Hall–Kier alpha value is -1.76. The second-order valence-corrected chi connectivity index (χ2v) is 6.10. The summed E-state index contributed by atoms with van der Waals surface area (Å²) in [5.41, 5.74) is 1.15. The molecule has 2 N–H and O–H groups in total. The van der Waals surface area contributed by atoms with Crippen molar-refractivity contribution in [3.8, 4) is 11.3 Å². The molecular weight excluding hydrogens is 337 g/mol. The van der Waals surface area contributed by atoms with Crippen LogP contribution in [-0.2, 0) is 4.79 Å². The highest BCUT2D eigenvalue weighted by Crippen LogP contribution is 2.28. The second-order valence-electron chi connectivity index (χ2n) is 5.31. The molecule has 1 amide bonds. The van der Waals surface area contributed by atoms with Crippen molar-refractivity contribution >= 4 is 34.9 Å². The van der Waals surface area contributed by atoms with E-state index in [1.807, 2.05) is 0 Å². The molecule has 1 saturated heterocycles. The van der Waals surface area contributed by atoms with E-state index in [0.717, 1.165) is 19.4 Å². The number of rotatable bonds is 3. The molecule has 0 bridgehead atoms. The van der Waals surface area contributed by atoms with Gasteiger partial charge in [-0.15, -0.1) is 0 Å². The first-order valence-corrected chi connectivity index (χ1v) is 8.04. The normalized spacial score (nSPS) is 17.7. The maximum Gasteiger partial charge on any atom is 0.229 e. The van der Waals surface area contributed by atoms with Crippen molar-refractivity contribution in [3.05, 3.63) is 34.8 Å². The van der Waals surface area contributed by atoms with Gasteiger partial charge in [0, 0.05) is 18.3 Å². The van der Waals surface area contributed by atoms with Crippen LogP contribution in [0.15, 0.2) is 24.7 Å². The van der Waals surface area contributed by atoms with Crippen LogP contribution >= 0.6 is 23.2 Å². The van der Waals surface area contributed by atoms with Crippen LogP contribution in [0.1, 0.15) is 12.8 Å². The Morgan fingerprint density at radius 2 is 2.17 bits per heavy atom. The summed E-state index contributed by atoms with van der Waals surface area (Å²) >= 11 is 12.0. The van der Waals surface area contributed by atoms with Crippen molar-refractivity contribution in [1.29, 1.82) is 0 Å². The van der Waals surface area contributed by atoms with Crippen LogP contribution in [0.3, 0.4) is 0 Å². The molecule has 3 rings (SSSR count). The van der Waals surface area contributed by atoms with Gasteiger partial charge in [0.05, 0.1) is 29.0 Å². The number of aromatic nitrogens is 3. The Morgan fingerprint density at radius 1 is 1.30 bits per heavy atom. The third kappa shape index (κ3) is 3.96. The molecule has 6 nitrogen and oxygen atoms in total. The minimum absolute atomic E-state index is 0.0457. The number of pyridine rings is 1. The lowest BCUT2D eigenvalue weighted by molar-refractivity contribution is -0.120. The summed E-state index contributed by atoms with van der Waals surface area (Å²) < 4.78 is 0. The zero-order valence-corrected chi connectivity index (χ0v) is 13.7. The number of halogens is 2. The molecule has 2 aromatic heterocycles. The lowest BCUT2D eigenvalue weighted by Crippen LogP contribution is -2.37. The first-order chi connectivity index (χ1) is 11.1. The molecule has 23 heavy (non-hydrogen) atoms. The summed E-state index contributed by atoms with van der Waals surface area (Å²) in [5.74, 6) is 0.340. The van der Waals surface area contributed by atoms with Crippen molar-refractivity contribution < 1.29 is 4.79 Å². The quantitative estimate of drug-likeness (QED) is 0.888. The topological polar surface area (TPSA) is 79.8 Å². The van der Waals surface area contributed by atoms with Gasteiger partial charge in [-0.25, -0.2) is 9.97 Å². The molecule has 1 fully saturated rings. The van der Waals surface area contributed by atoms with Crippen LogP contribution < -0.4 is 10.6 Å². The zero-order chi connectivity index (χ0) is 16.2. The molecule has 0 spiro atoms. The molecule has 0 unspecified atom stereocenters. The van der Waals surface area contributed by atoms with Gasteiger partial charge in [0.15, 0.2) is 0 Å². The summed E-state index contributed by atoms with van der Waals surface area (Å²) in [5, 5.41) is 6.74. The van der Waals surface area contributed by atoms with E-state index in [2.05, 4.69) is 25.6 Å². The standard InChI is InChI=1S/C15H15Cl2N5O/c16-11-6-20-14(22-15(23)9-2-1-3-18-5-9)4-10(11)12-7-19-8-13(17)21-12/h4,6-9,18H,1-3,5H2,(H,20,22,23)/t9-/m1/s1. The van der Waals surface area contributed by atoms with Gasteiger partial charge in [0.2, 0.25) is 5.91 Å². The van der Waals surface area contributed by atoms with E-state index in [0.29, 0.717) is 28.6 Å². The van der Waals surface area contributed by atoms with Crippen LogP contribution in [0, 0.1) is 5.92 Å². The minimum Gasteiger partial charge on any atom is -0.316 e. The molecule has 1 aliphatic heterocycles. The number of hydrogen-bond donors (Lipinski definition) is 2. The fraction of sp³-hybridized carbons (Fsp3) is 0.333. The summed E-state index contributed by atoms with van der Waals surface area (Å²) in [4.78, 5) is 24.6. The Labute approximate surface area is 143 Å². The molecule has 1 aliphatic rings. The molecule has 0 aliphatic carbocycles. The number of nitrogens with one attached hydrogen (secondary N) is 2. The Balaban J connectivity index is 1.81. The van der Waals surface area contributed by atoms with Gasteiger partial charge >= 0.3 is 0 Å². The predicted octanol–water partition coefficient (Wildman–Crippen LogP) is 2.78. The second kappa shape index (κ2) is 7.21. The highest BCUT2D eigenvalue weighted by atomic mass is 35.5. The summed E-state index contributed by atoms with van der Waals surface area (Å²) in [6, 6.07) is 1.68. The maximum absolute atomic E-state index is 12.3. The van der Waals surface area contributed by atoms with E-state index < -0.39 is 0 Å². The van der Waals surface area contributed by atoms with E-state index in [1.165, 1.54) is 12.4 Å². The van der Waals surface area contributed by atoms with Crippen LogP contribution in [0.5, 0.6) is 0 Å². The van der Waals surface area contributed by atoms with Crippen molar-refractivity contribution in [1.82, 2.24) is 20.3 Å². The van der Waals surface area contributed by atoms with Crippen LogP contribution in [-0.4, -0.2) is 33.9 Å². The molecule has 0 radical (unpaired) electrons. The Morgan fingerprint density at radius 3 is 2.91 bits per heavy atom. The molecule has 2 aromatic rings. The number of nitrogens with zero attached hydrogens (tertiary/aromatic N) is 3. The minimum atomic E-state index is -0.0462. The van der Waals surface area contributed by atoms with Gasteiger partial charge in [-0.05, 0) is 25.5 Å². The maximum atomic E-state index is 12.3. The van der Waals surface area contributed by atoms with Crippen LogP contribution in [0.25, 0.3) is 11.3 Å². The molecule has 0 saturated carbocycles. The van der Waals surface area contributed by atoms with Crippen molar-refractivity contribution in [3.63, 3.8) is 0 Å². The van der Waals surface area contributed by atoms with Gasteiger partial charge in [0.1, 0.15) is 11.0 Å². The number of hydrogen-bond acceptors (Lipinski definition) is 5. The monoisotopic (exact) mass is 351 g/mol. The summed E-state index contributed by atoms with van der Waals surface area (Å²) in [6.07, 6.45) is 6.35.